The Labute approximate surface area is 137 Å². The fourth-order valence-corrected chi connectivity index (χ4v) is 3.38. The average molecular weight is 333 g/mol. The molecule has 1 aromatic heterocycles. The standard InChI is InChI=1S/C16H17F2N5O/c17-12-5-14-15(6-13(12)18)23(4-2-19-14)16(24)22-3-1-10(9-22)11-7-20-21-8-11/h5-8,10,19H,1-4,9H2,(H,20,21). The molecule has 1 aromatic carbocycles. The molecule has 8 heteroatoms. The van der Waals surface area contributed by atoms with Crippen LogP contribution in [0.15, 0.2) is 24.5 Å². The minimum Gasteiger partial charge on any atom is -0.381 e. The molecule has 0 radical (unpaired) electrons. The summed E-state index contributed by atoms with van der Waals surface area (Å²) in [7, 11) is 0. The van der Waals surface area contributed by atoms with Crippen molar-refractivity contribution in [3.63, 3.8) is 0 Å². The van der Waals surface area contributed by atoms with Crippen molar-refractivity contribution >= 4 is 17.4 Å². The van der Waals surface area contributed by atoms with Crippen LogP contribution >= 0.6 is 0 Å². The van der Waals surface area contributed by atoms with Crippen LogP contribution in [0.1, 0.15) is 17.9 Å². The number of anilines is 2. The first-order valence-electron chi connectivity index (χ1n) is 7.91. The van der Waals surface area contributed by atoms with E-state index in [-0.39, 0.29) is 11.9 Å². The maximum Gasteiger partial charge on any atom is 0.324 e. The molecule has 2 N–H and O–H groups in total. The quantitative estimate of drug-likeness (QED) is 0.843. The van der Waals surface area contributed by atoms with Crippen LogP contribution in [0.5, 0.6) is 0 Å². The molecule has 126 valence electrons. The number of nitrogens with one attached hydrogen (secondary N) is 2. The van der Waals surface area contributed by atoms with E-state index >= 15 is 0 Å². The maximum absolute atomic E-state index is 13.6. The SMILES string of the molecule is O=C(N1CCC(c2cn[nH]c2)C1)N1CCNc2cc(F)c(F)cc21. The van der Waals surface area contributed by atoms with Crippen molar-refractivity contribution in [3.8, 4) is 0 Å². The van der Waals surface area contributed by atoms with Crippen molar-refractivity contribution in [1.29, 1.82) is 0 Å². The Morgan fingerprint density at radius 1 is 1.25 bits per heavy atom. The molecule has 1 fully saturated rings. The third kappa shape index (κ3) is 2.47. The number of urea groups is 1. The second kappa shape index (κ2) is 5.77. The first-order valence-corrected chi connectivity index (χ1v) is 7.91. The minimum atomic E-state index is -0.951. The van der Waals surface area contributed by atoms with Gasteiger partial charge in [-0.25, -0.2) is 13.6 Å². The maximum atomic E-state index is 13.6. The number of H-pyrrole nitrogens is 1. The van der Waals surface area contributed by atoms with Crippen molar-refractivity contribution < 1.29 is 13.6 Å². The summed E-state index contributed by atoms with van der Waals surface area (Å²) in [6, 6.07) is 2.01. The molecular weight excluding hydrogens is 316 g/mol. The van der Waals surface area contributed by atoms with E-state index in [2.05, 4.69) is 15.5 Å². The second-order valence-electron chi connectivity index (χ2n) is 6.11. The first kappa shape index (κ1) is 14.9. The second-order valence-corrected chi connectivity index (χ2v) is 6.11. The summed E-state index contributed by atoms with van der Waals surface area (Å²) in [5.74, 6) is -1.62. The summed E-state index contributed by atoms with van der Waals surface area (Å²) in [6.45, 7) is 2.16. The van der Waals surface area contributed by atoms with Gasteiger partial charge < -0.3 is 10.2 Å². The number of carbonyl (C=O) groups is 1. The third-order valence-electron chi connectivity index (χ3n) is 4.66. The summed E-state index contributed by atoms with van der Waals surface area (Å²) in [4.78, 5) is 16.1. The summed E-state index contributed by atoms with van der Waals surface area (Å²) in [5, 5.41) is 9.74. The normalized spacial score (nSPS) is 20.0. The van der Waals surface area contributed by atoms with E-state index in [1.54, 1.807) is 11.1 Å². The number of aromatic nitrogens is 2. The molecule has 0 spiro atoms. The van der Waals surface area contributed by atoms with Gasteiger partial charge in [-0.2, -0.15) is 5.10 Å². The van der Waals surface area contributed by atoms with E-state index < -0.39 is 11.6 Å². The highest BCUT2D eigenvalue weighted by Gasteiger charge is 2.33. The lowest BCUT2D eigenvalue weighted by atomic mass is 10.0. The number of rotatable bonds is 1. The van der Waals surface area contributed by atoms with E-state index in [4.69, 9.17) is 0 Å². The Morgan fingerprint density at radius 2 is 2.08 bits per heavy atom. The zero-order valence-electron chi connectivity index (χ0n) is 12.9. The third-order valence-corrected chi connectivity index (χ3v) is 4.66. The topological polar surface area (TPSA) is 64.3 Å². The van der Waals surface area contributed by atoms with Gasteiger partial charge in [0.1, 0.15) is 0 Å². The number of hydrogen-bond acceptors (Lipinski definition) is 3. The molecular formula is C16H17F2N5O. The van der Waals surface area contributed by atoms with Gasteiger partial charge >= 0.3 is 6.03 Å². The Morgan fingerprint density at radius 3 is 2.88 bits per heavy atom. The van der Waals surface area contributed by atoms with E-state index in [1.807, 2.05) is 6.20 Å². The van der Waals surface area contributed by atoms with Crippen LogP contribution in [0.3, 0.4) is 0 Å². The summed E-state index contributed by atoms with van der Waals surface area (Å²) >= 11 is 0. The predicted octanol–water partition coefficient (Wildman–Crippen LogP) is 2.53. The van der Waals surface area contributed by atoms with Gasteiger partial charge in [0.2, 0.25) is 0 Å². The molecule has 4 rings (SSSR count). The zero-order chi connectivity index (χ0) is 16.7. The summed E-state index contributed by atoms with van der Waals surface area (Å²) < 4.78 is 27.0. The first-order chi connectivity index (χ1) is 11.6. The van der Waals surface area contributed by atoms with E-state index in [0.29, 0.717) is 37.6 Å². The minimum absolute atomic E-state index is 0.172. The van der Waals surface area contributed by atoms with Crippen LogP contribution in [0.4, 0.5) is 25.0 Å². The van der Waals surface area contributed by atoms with E-state index in [1.165, 1.54) is 4.90 Å². The van der Waals surface area contributed by atoms with Crippen LogP contribution in [-0.2, 0) is 0 Å². The smallest absolute Gasteiger partial charge is 0.324 e. The molecule has 6 nitrogen and oxygen atoms in total. The Balaban J connectivity index is 1.55. The monoisotopic (exact) mass is 333 g/mol. The van der Waals surface area contributed by atoms with Gasteiger partial charge in [-0.15, -0.1) is 0 Å². The van der Waals surface area contributed by atoms with Crippen molar-refractivity contribution in [3.05, 3.63) is 41.7 Å². The van der Waals surface area contributed by atoms with Crippen LogP contribution in [0.25, 0.3) is 0 Å². The number of nitrogens with zero attached hydrogens (tertiary/aromatic N) is 3. The number of halogens is 2. The van der Waals surface area contributed by atoms with Gasteiger partial charge in [0.15, 0.2) is 11.6 Å². The Bertz CT molecular complexity index is 764. The molecule has 1 saturated heterocycles. The highest BCUT2D eigenvalue weighted by atomic mass is 19.2. The summed E-state index contributed by atoms with van der Waals surface area (Å²) in [5.41, 5.74) is 1.91. The zero-order valence-corrected chi connectivity index (χ0v) is 12.9. The van der Waals surface area contributed by atoms with Gasteiger partial charge in [0, 0.05) is 50.4 Å². The van der Waals surface area contributed by atoms with Gasteiger partial charge in [0.25, 0.3) is 0 Å². The van der Waals surface area contributed by atoms with Gasteiger partial charge in [-0.05, 0) is 12.0 Å². The Hall–Kier alpha value is -2.64. The molecule has 1 atom stereocenters. The number of fused-ring (bicyclic) bond motifs is 1. The molecule has 24 heavy (non-hydrogen) atoms. The molecule has 2 aliphatic rings. The number of amides is 2. The van der Waals surface area contributed by atoms with Crippen LogP contribution in [0, 0.1) is 11.6 Å². The van der Waals surface area contributed by atoms with Crippen LogP contribution in [-0.4, -0.2) is 47.3 Å². The predicted molar refractivity (Wildman–Crippen MR) is 85.1 cm³/mol. The summed E-state index contributed by atoms with van der Waals surface area (Å²) in [6.07, 6.45) is 4.48. The molecule has 0 bridgehead atoms. The molecule has 2 aromatic rings. The van der Waals surface area contributed by atoms with Crippen LogP contribution in [0.2, 0.25) is 0 Å². The highest BCUT2D eigenvalue weighted by Crippen LogP contribution is 2.34. The Kier molecular flexibility index (Phi) is 3.59. The van der Waals surface area contributed by atoms with Crippen molar-refractivity contribution in [2.45, 2.75) is 12.3 Å². The number of aromatic amines is 1. The van der Waals surface area contributed by atoms with E-state index in [0.717, 1.165) is 24.1 Å². The fraction of sp³-hybridized carbons (Fsp3) is 0.375. The highest BCUT2D eigenvalue weighted by molar-refractivity contribution is 5.96. The lowest BCUT2D eigenvalue weighted by molar-refractivity contribution is 0.215. The van der Waals surface area contributed by atoms with Crippen LogP contribution < -0.4 is 10.2 Å². The molecule has 3 heterocycles. The lowest BCUT2D eigenvalue weighted by Gasteiger charge is -2.33. The fourth-order valence-electron chi connectivity index (χ4n) is 3.38. The lowest BCUT2D eigenvalue weighted by Crippen LogP contribution is -2.46. The number of carbonyl (C=O) groups excluding carboxylic acids is 1. The van der Waals surface area contributed by atoms with Gasteiger partial charge in [-0.1, -0.05) is 0 Å². The molecule has 0 saturated carbocycles. The van der Waals surface area contributed by atoms with Crippen molar-refractivity contribution in [2.24, 2.45) is 0 Å². The molecule has 2 aliphatic heterocycles. The number of benzene rings is 1. The largest absolute Gasteiger partial charge is 0.381 e. The molecule has 0 aliphatic carbocycles. The molecule has 1 unspecified atom stereocenters. The average Bonchev–Trinajstić information content (AvgIpc) is 3.26. The van der Waals surface area contributed by atoms with E-state index in [9.17, 15) is 13.6 Å². The number of hydrogen-bond donors (Lipinski definition) is 2. The van der Waals surface area contributed by atoms with Crippen molar-refractivity contribution in [2.75, 3.05) is 36.4 Å². The van der Waals surface area contributed by atoms with Gasteiger partial charge in [0.05, 0.1) is 17.6 Å². The molecule has 2 amide bonds. The van der Waals surface area contributed by atoms with Crippen molar-refractivity contribution in [1.82, 2.24) is 15.1 Å². The van der Waals surface area contributed by atoms with Gasteiger partial charge in [-0.3, -0.25) is 10.00 Å². The number of likely N-dealkylation sites (tertiary alicyclic amines) is 1.